The molecular weight excluding hydrogens is 446 g/mol. The highest BCUT2D eigenvalue weighted by atomic mass is 16.7. The molecule has 0 atom stereocenters. The van der Waals surface area contributed by atoms with Crippen molar-refractivity contribution < 1.29 is 23.6 Å². The van der Waals surface area contributed by atoms with Crippen molar-refractivity contribution in [3.05, 3.63) is 41.3 Å². The number of carbonyl (C=O) groups is 2. The van der Waals surface area contributed by atoms with Crippen molar-refractivity contribution >= 4 is 11.8 Å². The standard InChI is InChI=1S/C27H35N3O5/c31-26(13-11-19-6-4-5-7-19)30(21-8-2-1-3-9-21)17-22-15-23(29-35-22)27(32)28-16-20-10-12-24-25(14-20)34-18-33-24/h10,12,14-15,19,21H,1-9,11,13,16-18H2,(H,28,32). The van der Waals surface area contributed by atoms with Crippen molar-refractivity contribution in [2.24, 2.45) is 5.92 Å². The van der Waals surface area contributed by atoms with Crippen LogP contribution in [0, 0.1) is 5.92 Å². The molecule has 1 aromatic carbocycles. The molecule has 35 heavy (non-hydrogen) atoms. The van der Waals surface area contributed by atoms with E-state index in [0.717, 1.165) is 37.7 Å². The molecule has 0 radical (unpaired) electrons. The summed E-state index contributed by atoms with van der Waals surface area (Å²) in [7, 11) is 0. The Kier molecular flexibility index (Phi) is 7.54. The average molecular weight is 482 g/mol. The first kappa shape index (κ1) is 23.7. The maximum atomic E-state index is 13.2. The van der Waals surface area contributed by atoms with Crippen LogP contribution in [0.5, 0.6) is 11.5 Å². The molecule has 1 aromatic heterocycles. The first-order valence-corrected chi connectivity index (χ1v) is 13.1. The molecule has 188 valence electrons. The van der Waals surface area contributed by atoms with Crippen LogP contribution in [0.25, 0.3) is 0 Å². The normalized spacial score (nSPS) is 18.1. The third-order valence-corrected chi connectivity index (χ3v) is 7.58. The van der Waals surface area contributed by atoms with Gasteiger partial charge in [-0.1, -0.05) is 56.2 Å². The number of amides is 2. The Morgan fingerprint density at radius 3 is 2.57 bits per heavy atom. The van der Waals surface area contributed by atoms with Crippen LogP contribution in [0.1, 0.15) is 92.4 Å². The molecule has 3 aliphatic rings. The minimum atomic E-state index is -0.311. The van der Waals surface area contributed by atoms with Crippen molar-refractivity contribution in [3.8, 4) is 11.5 Å². The average Bonchev–Trinajstić information content (AvgIpc) is 3.66. The highest BCUT2D eigenvalue weighted by molar-refractivity contribution is 5.92. The number of carbonyl (C=O) groups excluding carboxylic acids is 2. The minimum absolute atomic E-state index is 0.203. The monoisotopic (exact) mass is 481 g/mol. The molecule has 2 saturated carbocycles. The molecule has 2 fully saturated rings. The van der Waals surface area contributed by atoms with Crippen molar-refractivity contribution in [1.29, 1.82) is 0 Å². The van der Waals surface area contributed by atoms with Crippen LogP contribution in [0.4, 0.5) is 0 Å². The second kappa shape index (κ2) is 11.1. The van der Waals surface area contributed by atoms with E-state index in [0.29, 0.717) is 42.7 Å². The van der Waals surface area contributed by atoms with Crippen LogP contribution in [-0.2, 0) is 17.9 Å². The number of hydrogen-bond donors (Lipinski definition) is 1. The van der Waals surface area contributed by atoms with Gasteiger partial charge in [0.15, 0.2) is 23.0 Å². The molecular formula is C27H35N3O5. The van der Waals surface area contributed by atoms with E-state index in [2.05, 4.69) is 10.5 Å². The van der Waals surface area contributed by atoms with Gasteiger partial charge < -0.3 is 24.2 Å². The number of nitrogens with zero attached hydrogens (tertiary/aromatic N) is 2. The van der Waals surface area contributed by atoms with E-state index < -0.39 is 0 Å². The summed E-state index contributed by atoms with van der Waals surface area (Å²) in [5.41, 5.74) is 1.13. The lowest BCUT2D eigenvalue weighted by molar-refractivity contribution is -0.135. The van der Waals surface area contributed by atoms with E-state index in [9.17, 15) is 9.59 Å². The molecule has 1 aliphatic heterocycles. The molecule has 0 spiro atoms. The number of nitrogens with one attached hydrogen (secondary N) is 1. The fourth-order valence-electron chi connectivity index (χ4n) is 5.57. The molecule has 2 heterocycles. The van der Waals surface area contributed by atoms with Gasteiger partial charge in [-0.3, -0.25) is 9.59 Å². The highest BCUT2D eigenvalue weighted by Gasteiger charge is 2.28. The van der Waals surface area contributed by atoms with Crippen molar-refractivity contribution in [1.82, 2.24) is 15.4 Å². The zero-order chi connectivity index (χ0) is 24.0. The lowest BCUT2D eigenvalue weighted by atomic mass is 9.93. The second-order valence-corrected chi connectivity index (χ2v) is 10.1. The van der Waals surface area contributed by atoms with E-state index in [1.165, 1.54) is 32.1 Å². The third-order valence-electron chi connectivity index (χ3n) is 7.58. The maximum absolute atomic E-state index is 13.2. The van der Waals surface area contributed by atoms with Gasteiger partial charge in [0.1, 0.15) is 0 Å². The van der Waals surface area contributed by atoms with Crippen molar-refractivity contribution in [2.45, 2.75) is 89.8 Å². The van der Waals surface area contributed by atoms with Crippen LogP contribution in [0.15, 0.2) is 28.8 Å². The molecule has 2 aromatic rings. The Hall–Kier alpha value is -3.03. The molecule has 0 saturated heterocycles. The number of ether oxygens (including phenoxy) is 2. The fraction of sp³-hybridized carbons (Fsp3) is 0.593. The van der Waals surface area contributed by atoms with E-state index in [1.807, 2.05) is 23.1 Å². The molecule has 5 rings (SSSR count). The number of benzene rings is 1. The highest BCUT2D eigenvalue weighted by Crippen LogP contribution is 2.33. The van der Waals surface area contributed by atoms with Gasteiger partial charge in [0.05, 0.1) is 6.54 Å². The third kappa shape index (κ3) is 5.97. The van der Waals surface area contributed by atoms with Gasteiger partial charge in [-0.15, -0.1) is 0 Å². The number of rotatable bonds is 9. The Bertz CT molecular complexity index is 1020. The van der Waals surface area contributed by atoms with Gasteiger partial charge in [0.2, 0.25) is 12.7 Å². The molecule has 2 amide bonds. The summed E-state index contributed by atoms with van der Waals surface area (Å²) in [6.45, 7) is 0.927. The summed E-state index contributed by atoms with van der Waals surface area (Å²) in [6.07, 6.45) is 12.3. The molecule has 0 bridgehead atoms. The summed E-state index contributed by atoms with van der Waals surface area (Å²) in [6, 6.07) is 7.49. The summed E-state index contributed by atoms with van der Waals surface area (Å²) in [4.78, 5) is 27.9. The van der Waals surface area contributed by atoms with Gasteiger partial charge in [-0.05, 0) is 42.9 Å². The quantitative estimate of drug-likeness (QED) is 0.544. The Morgan fingerprint density at radius 2 is 1.74 bits per heavy atom. The van der Waals surface area contributed by atoms with E-state index in [-0.39, 0.29) is 30.3 Å². The van der Waals surface area contributed by atoms with Crippen LogP contribution in [0.3, 0.4) is 0 Å². The van der Waals surface area contributed by atoms with Gasteiger partial charge >= 0.3 is 0 Å². The van der Waals surface area contributed by atoms with Gasteiger partial charge in [0.25, 0.3) is 5.91 Å². The van der Waals surface area contributed by atoms with E-state index in [1.54, 1.807) is 6.07 Å². The van der Waals surface area contributed by atoms with Crippen molar-refractivity contribution in [2.75, 3.05) is 6.79 Å². The van der Waals surface area contributed by atoms with Gasteiger partial charge in [-0.25, -0.2) is 0 Å². The van der Waals surface area contributed by atoms with E-state index >= 15 is 0 Å². The van der Waals surface area contributed by atoms with Crippen LogP contribution >= 0.6 is 0 Å². The summed E-state index contributed by atoms with van der Waals surface area (Å²) < 4.78 is 16.2. The summed E-state index contributed by atoms with van der Waals surface area (Å²) >= 11 is 0. The van der Waals surface area contributed by atoms with Crippen LogP contribution in [0.2, 0.25) is 0 Å². The Morgan fingerprint density at radius 1 is 0.971 bits per heavy atom. The molecule has 8 heteroatoms. The van der Waals surface area contributed by atoms with Crippen LogP contribution in [-0.4, -0.2) is 34.7 Å². The van der Waals surface area contributed by atoms with E-state index in [4.69, 9.17) is 14.0 Å². The van der Waals surface area contributed by atoms with Gasteiger partial charge in [0, 0.05) is 25.1 Å². The summed E-state index contributed by atoms with van der Waals surface area (Å²) in [5.74, 6) is 2.53. The first-order chi connectivity index (χ1) is 17.2. The topological polar surface area (TPSA) is 93.9 Å². The molecule has 0 unspecified atom stereocenters. The predicted molar refractivity (Wildman–Crippen MR) is 129 cm³/mol. The minimum Gasteiger partial charge on any atom is -0.454 e. The zero-order valence-electron chi connectivity index (χ0n) is 20.3. The molecule has 1 N–H and O–H groups in total. The Balaban J connectivity index is 1.18. The first-order valence-electron chi connectivity index (χ1n) is 13.1. The second-order valence-electron chi connectivity index (χ2n) is 10.1. The van der Waals surface area contributed by atoms with Crippen LogP contribution < -0.4 is 14.8 Å². The SMILES string of the molecule is O=C(NCc1ccc2c(c1)OCO2)c1cc(CN(C(=O)CCC2CCCC2)C2CCCCC2)on1. The Labute approximate surface area is 206 Å². The van der Waals surface area contributed by atoms with Gasteiger partial charge in [-0.2, -0.15) is 0 Å². The number of fused-ring (bicyclic) bond motifs is 1. The van der Waals surface area contributed by atoms with Crippen molar-refractivity contribution in [3.63, 3.8) is 0 Å². The zero-order valence-corrected chi connectivity index (χ0v) is 20.3. The number of hydrogen-bond acceptors (Lipinski definition) is 6. The smallest absolute Gasteiger partial charge is 0.273 e. The number of aromatic nitrogens is 1. The largest absolute Gasteiger partial charge is 0.454 e. The molecule has 8 nitrogen and oxygen atoms in total. The lowest BCUT2D eigenvalue weighted by Gasteiger charge is -2.34. The predicted octanol–water partition coefficient (Wildman–Crippen LogP) is 4.97. The fourth-order valence-corrected chi connectivity index (χ4v) is 5.57. The lowest BCUT2D eigenvalue weighted by Crippen LogP contribution is -2.41. The molecule has 2 aliphatic carbocycles. The summed E-state index contributed by atoms with van der Waals surface area (Å²) in [5, 5.41) is 6.86. The maximum Gasteiger partial charge on any atom is 0.273 e.